The first-order valence-electron chi connectivity index (χ1n) is 9.60. The molecule has 1 aromatic carbocycles. The van der Waals surface area contributed by atoms with Crippen LogP contribution in [0.4, 0.5) is 8.78 Å². The first kappa shape index (κ1) is 20.0. The Morgan fingerprint density at radius 1 is 1.33 bits per heavy atom. The molecular weight excluding hydrogens is 398 g/mol. The zero-order chi connectivity index (χ0) is 21.7. The van der Waals surface area contributed by atoms with Crippen LogP contribution in [0.25, 0.3) is 0 Å². The number of halogens is 2. The normalized spacial score (nSPS) is 19.7. The summed E-state index contributed by atoms with van der Waals surface area (Å²) in [6.45, 7) is 2.34. The maximum atomic E-state index is 13.8. The summed E-state index contributed by atoms with van der Waals surface area (Å²) in [5.41, 5.74) is 2.96. The van der Waals surface area contributed by atoms with Crippen LogP contribution in [0.1, 0.15) is 57.5 Å². The number of pyridine rings is 1. The molecule has 2 aliphatic rings. The summed E-state index contributed by atoms with van der Waals surface area (Å²) in [4.78, 5) is 40.0. The number of nitrogens with zero attached hydrogens (tertiary/aromatic N) is 2. The number of aromatic nitrogens is 1. The highest BCUT2D eigenvalue weighted by atomic mass is 19.1. The van der Waals surface area contributed by atoms with Crippen LogP contribution in [0.3, 0.4) is 0 Å². The number of rotatable bonds is 4. The Labute approximate surface area is 169 Å². The molecule has 4 rings (SSSR count). The quantitative estimate of drug-likeness (QED) is 0.667. The topological polar surface area (TPSA) is 119 Å². The molecule has 0 aliphatic carbocycles. The van der Waals surface area contributed by atoms with Crippen molar-refractivity contribution in [3.8, 4) is 5.75 Å². The van der Waals surface area contributed by atoms with Gasteiger partial charge in [0.05, 0.1) is 11.7 Å². The van der Waals surface area contributed by atoms with E-state index in [0.29, 0.717) is 31.3 Å². The monoisotopic (exact) mass is 419 g/mol. The minimum atomic E-state index is -0.964. The Bertz CT molecular complexity index is 1130. The van der Waals surface area contributed by atoms with Crippen molar-refractivity contribution in [1.82, 2.24) is 14.8 Å². The van der Waals surface area contributed by atoms with Gasteiger partial charge in [0.15, 0.2) is 11.4 Å². The van der Waals surface area contributed by atoms with Crippen molar-refractivity contribution in [3.05, 3.63) is 62.6 Å². The molecule has 3 heterocycles. The predicted octanol–water partition coefficient (Wildman–Crippen LogP) is 0.466. The van der Waals surface area contributed by atoms with E-state index in [1.165, 1.54) is 11.0 Å². The number of carbonyl (C=O) groups excluding carboxylic acids is 2. The fraction of sp³-hybridized carbons (Fsp3) is 0.350. The summed E-state index contributed by atoms with van der Waals surface area (Å²) in [5, 5.41) is 12.9. The number of carbonyl (C=O) groups is 2. The number of aromatic hydroxyl groups is 1. The molecule has 0 bridgehead atoms. The van der Waals surface area contributed by atoms with Gasteiger partial charge < -0.3 is 25.6 Å². The molecule has 158 valence electrons. The van der Waals surface area contributed by atoms with E-state index < -0.39 is 40.7 Å². The van der Waals surface area contributed by atoms with Crippen LogP contribution in [0.2, 0.25) is 0 Å². The molecule has 30 heavy (non-hydrogen) atoms. The van der Waals surface area contributed by atoms with Gasteiger partial charge in [-0.25, -0.2) is 8.78 Å². The molecule has 0 spiro atoms. The Morgan fingerprint density at radius 2 is 2.07 bits per heavy atom. The van der Waals surface area contributed by atoms with E-state index in [1.807, 2.05) is 0 Å². The molecule has 1 aromatic heterocycles. The van der Waals surface area contributed by atoms with Crippen molar-refractivity contribution < 1.29 is 29.2 Å². The van der Waals surface area contributed by atoms with Gasteiger partial charge in [-0.05, 0) is 13.0 Å². The molecule has 2 aromatic rings. The van der Waals surface area contributed by atoms with Crippen LogP contribution in [0.5, 0.6) is 5.75 Å². The third-order valence-electron chi connectivity index (χ3n) is 5.72. The number of hydrogen-bond donors (Lipinski definition) is 3. The number of likely N-dealkylation sites (N-methyl/N-ethyl adjacent to an activating group) is 1. The fourth-order valence-corrected chi connectivity index (χ4v) is 4.29. The van der Waals surface area contributed by atoms with Crippen LogP contribution in [-0.2, 0) is 6.54 Å². The smallest absolute Gasteiger partial charge is 0.274 e. The molecule has 2 aliphatic heterocycles. The largest absolute Gasteiger partial charge is 0.503 e. The molecule has 0 radical (unpaired) electrons. The molecule has 2 atom stereocenters. The van der Waals surface area contributed by atoms with E-state index >= 15 is 0 Å². The molecule has 5 N–H and O–H groups in total. The second kappa shape index (κ2) is 7.21. The van der Waals surface area contributed by atoms with Gasteiger partial charge in [0, 0.05) is 37.7 Å². The first-order chi connectivity index (χ1) is 14.2. The molecule has 0 saturated carbocycles. The lowest BCUT2D eigenvalue weighted by molar-refractivity contribution is -0.426. The van der Waals surface area contributed by atoms with Crippen LogP contribution in [0, 0.1) is 11.6 Å². The van der Waals surface area contributed by atoms with Crippen LogP contribution >= 0.6 is 0 Å². The van der Waals surface area contributed by atoms with E-state index in [4.69, 9.17) is 0 Å². The predicted molar refractivity (Wildman–Crippen MR) is 101 cm³/mol. The highest BCUT2D eigenvalue weighted by Crippen LogP contribution is 2.40. The Hall–Kier alpha value is -3.27. The minimum Gasteiger partial charge on any atom is -0.503 e. The van der Waals surface area contributed by atoms with Gasteiger partial charge >= 0.3 is 0 Å². The molecule has 0 saturated heterocycles. The zero-order valence-electron chi connectivity index (χ0n) is 16.2. The lowest BCUT2D eigenvalue weighted by Crippen LogP contribution is -2.53. The molecular formula is C20H21F2N4O4+. The first-order valence-corrected chi connectivity index (χ1v) is 9.60. The van der Waals surface area contributed by atoms with Crippen LogP contribution in [0.15, 0.2) is 23.0 Å². The lowest BCUT2D eigenvalue weighted by Gasteiger charge is -2.33. The third kappa shape index (κ3) is 2.95. The summed E-state index contributed by atoms with van der Waals surface area (Å²) >= 11 is 0. The van der Waals surface area contributed by atoms with Gasteiger partial charge in [-0.1, -0.05) is 6.07 Å². The number of quaternary nitrogens is 1. The van der Waals surface area contributed by atoms with Gasteiger partial charge in [0.25, 0.3) is 11.8 Å². The lowest BCUT2D eigenvalue weighted by atomic mass is 10.0. The van der Waals surface area contributed by atoms with Crippen molar-refractivity contribution in [2.75, 3.05) is 13.1 Å². The third-order valence-corrected chi connectivity index (χ3v) is 5.72. The Balaban J connectivity index is 1.75. The molecule has 2 amide bonds. The minimum absolute atomic E-state index is 0.0428. The number of nitrogens with one attached hydrogen (secondary N) is 1. The summed E-state index contributed by atoms with van der Waals surface area (Å²) in [7, 11) is 0. The SMILES string of the molecule is CCN1CC2CC([NH3+])c3c(C(=O)NCc4ccc(F)cc4F)c(=O)c(O)c(n32)C1=O. The fourth-order valence-electron chi connectivity index (χ4n) is 4.29. The standard InChI is InChI=1S/C20H20F2N4O4/c1-2-25-8-11-6-13(23)15-14(17(27)18(28)16(20(25)30)26(11)15)19(29)24-7-9-3-4-10(21)5-12(9)22/h3-5,11,13,28H,2,6-8,23H2,1H3,(H,24,29)/p+1. The summed E-state index contributed by atoms with van der Waals surface area (Å²) in [6.07, 6.45) is 0.506. The van der Waals surface area contributed by atoms with Crippen LogP contribution < -0.4 is 16.5 Å². The Kier molecular flexibility index (Phi) is 4.81. The van der Waals surface area contributed by atoms with Crippen molar-refractivity contribution in [2.45, 2.75) is 32.0 Å². The molecule has 8 nitrogen and oxygen atoms in total. The van der Waals surface area contributed by atoms with E-state index in [0.717, 1.165) is 6.07 Å². The van der Waals surface area contributed by atoms with Crippen LogP contribution in [-0.4, -0.2) is 39.5 Å². The second-order valence-corrected chi connectivity index (χ2v) is 7.51. The highest BCUT2D eigenvalue weighted by Gasteiger charge is 2.45. The average Bonchev–Trinajstić information content (AvgIpc) is 3.02. The average molecular weight is 419 g/mol. The van der Waals surface area contributed by atoms with Gasteiger partial charge in [-0.15, -0.1) is 0 Å². The summed E-state index contributed by atoms with van der Waals surface area (Å²) in [5.74, 6) is -3.64. The number of benzene rings is 1. The molecule has 0 fully saturated rings. The van der Waals surface area contributed by atoms with Gasteiger partial charge in [0.2, 0.25) is 5.43 Å². The second-order valence-electron chi connectivity index (χ2n) is 7.51. The van der Waals surface area contributed by atoms with E-state index in [1.54, 1.807) is 11.5 Å². The maximum absolute atomic E-state index is 13.8. The molecule has 2 unspecified atom stereocenters. The number of amides is 2. The number of hydrogen-bond acceptors (Lipinski definition) is 4. The van der Waals surface area contributed by atoms with Gasteiger partial charge in [0.1, 0.15) is 23.2 Å². The van der Waals surface area contributed by atoms with E-state index in [2.05, 4.69) is 11.1 Å². The summed E-state index contributed by atoms with van der Waals surface area (Å²) in [6, 6.07) is 2.31. The highest BCUT2D eigenvalue weighted by molar-refractivity contribution is 6.00. The van der Waals surface area contributed by atoms with Crippen molar-refractivity contribution in [3.63, 3.8) is 0 Å². The van der Waals surface area contributed by atoms with Crippen molar-refractivity contribution in [1.29, 1.82) is 0 Å². The van der Waals surface area contributed by atoms with Crippen molar-refractivity contribution in [2.24, 2.45) is 0 Å². The van der Waals surface area contributed by atoms with E-state index in [-0.39, 0.29) is 29.4 Å². The van der Waals surface area contributed by atoms with Gasteiger partial charge in [-0.2, -0.15) is 0 Å². The van der Waals surface area contributed by atoms with Gasteiger partial charge in [-0.3, -0.25) is 14.4 Å². The maximum Gasteiger partial charge on any atom is 0.274 e. The molecule has 10 heteroatoms. The van der Waals surface area contributed by atoms with E-state index in [9.17, 15) is 28.3 Å². The Morgan fingerprint density at radius 3 is 2.73 bits per heavy atom. The zero-order valence-corrected chi connectivity index (χ0v) is 16.2. The summed E-state index contributed by atoms with van der Waals surface area (Å²) < 4.78 is 28.5. The van der Waals surface area contributed by atoms with Crippen molar-refractivity contribution >= 4 is 11.8 Å².